The molecule has 21 heavy (non-hydrogen) atoms. The third-order valence-electron chi connectivity index (χ3n) is 5.93. The van der Waals surface area contributed by atoms with E-state index >= 15 is 0 Å². The molecule has 1 aromatic carbocycles. The number of aromatic nitrogens is 1. The van der Waals surface area contributed by atoms with E-state index in [0.29, 0.717) is 5.41 Å². The van der Waals surface area contributed by atoms with Crippen molar-refractivity contribution in [2.75, 3.05) is 0 Å². The third-order valence-corrected chi connectivity index (χ3v) is 5.93. The van der Waals surface area contributed by atoms with Crippen molar-refractivity contribution in [1.29, 1.82) is 0 Å². The van der Waals surface area contributed by atoms with Crippen molar-refractivity contribution >= 4 is 10.9 Å². The van der Waals surface area contributed by atoms with Crippen LogP contribution in [0.4, 0.5) is 0 Å². The van der Waals surface area contributed by atoms with Crippen LogP contribution in [0.25, 0.3) is 10.9 Å². The minimum absolute atomic E-state index is 0.432. The molecule has 2 nitrogen and oxygen atoms in total. The molecule has 112 valence electrons. The lowest BCUT2D eigenvalue weighted by Crippen LogP contribution is -2.50. The van der Waals surface area contributed by atoms with Gasteiger partial charge < -0.3 is 9.67 Å². The van der Waals surface area contributed by atoms with E-state index in [9.17, 15) is 5.11 Å². The molecule has 0 unspecified atom stereocenters. The number of benzene rings is 1. The van der Waals surface area contributed by atoms with Crippen LogP contribution < -0.4 is 0 Å². The van der Waals surface area contributed by atoms with E-state index in [0.717, 1.165) is 18.5 Å². The van der Waals surface area contributed by atoms with Crippen molar-refractivity contribution in [3.63, 3.8) is 0 Å². The van der Waals surface area contributed by atoms with E-state index in [4.69, 9.17) is 0 Å². The number of nitrogens with zero attached hydrogens (tertiary/aromatic N) is 1. The van der Waals surface area contributed by atoms with Gasteiger partial charge in [-0.25, -0.2) is 0 Å². The van der Waals surface area contributed by atoms with Gasteiger partial charge in [0.1, 0.15) is 5.60 Å². The molecular weight excluding hydrogens is 258 g/mol. The maximum atomic E-state index is 11.2. The number of aryl methyl sites for hydroxylation is 1. The zero-order chi connectivity index (χ0) is 14.5. The Morgan fingerprint density at radius 3 is 2.33 bits per heavy atom. The normalized spacial score (nSPS) is 23.9. The van der Waals surface area contributed by atoms with Crippen molar-refractivity contribution in [3.05, 3.63) is 36.0 Å². The van der Waals surface area contributed by atoms with E-state index in [1.807, 2.05) is 0 Å². The molecule has 4 rings (SSSR count). The van der Waals surface area contributed by atoms with Crippen LogP contribution in [-0.2, 0) is 12.6 Å². The Morgan fingerprint density at radius 1 is 1.00 bits per heavy atom. The summed E-state index contributed by atoms with van der Waals surface area (Å²) >= 11 is 0. The molecule has 0 radical (unpaired) electrons. The Bertz CT molecular complexity index is 653. The van der Waals surface area contributed by atoms with Gasteiger partial charge in [-0.05, 0) is 48.6 Å². The van der Waals surface area contributed by atoms with Crippen LogP contribution >= 0.6 is 0 Å². The first-order valence-corrected chi connectivity index (χ1v) is 8.39. The highest BCUT2D eigenvalue weighted by atomic mass is 16.3. The first-order valence-electron chi connectivity index (χ1n) is 8.39. The predicted molar refractivity (Wildman–Crippen MR) is 86.2 cm³/mol. The van der Waals surface area contributed by atoms with Crippen molar-refractivity contribution in [2.45, 2.75) is 57.0 Å². The number of aliphatic hydroxyl groups is 1. The Hall–Kier alpha value is -1.28. The minimum Gasteiger partial charge on any atom is -0.384 e. The van der Waals surface area contributed by atoms with Crippen LogP contribution in [0.15, 0.2) is 30.3 Å². The summed E-state index contributed by atoms with van der Waals surface area (Å²) in [6.07, 6.45) is 10.0. The molecule has 2 aromatic rings. The fraction of sp³-hybridized carbons (Fsp3) is 0.579. The van der Waals surface area contributed by atoms with Crippen molar-refractivity contribution in [1.82, 2.24) is 4.57 Å². The number of rotatable bonds is 1. The van der Waals surface area contributed by atoms with Crippen LogP contribution in [0.3, 0.4) is 0 Å². The van der Waals surface area contributed by atoms with Crippen molar-refractivity contribution in [3.8, 4) is 0 Å². The molecule has 2 saturated carbocycles. The standard InChI is InChI=1S/C19H25NO/c1-20-16-9-5-4-8-15(16)12-17(20)19(21)13-18(14-19)10-6-2-3-7-11-18/h4-5,8-9,12,21H,2-3,6-7,10-11,13-14H2,1H3. The molecule has 2 heteroatoms. The number of hydrogen-bond acceptors (Lipinski definition) is 1. The molecular formula is C19H25NO. The molecule has 0 atom stereocenters. The summed E-state index contributed by atoms with van der Waals surface area (Å²) < 4.78 is 2.19. The Morgan fingerprint density at radius 2 is 1.67 bits per heavy atom. The molecule has 1 aromatic heterocycles. The van der Waals surface area contributed by atoms with E-state index in [2.05, 4.69) is 41.9 Å². The van der Waals surface area contributed by atoms with Gasteiger partial charge in [0, 0.05) is 12.6 Å². The van der Waals surface area contributed by atoms with E-state index in [1.165, 1.54) is 49.4 Å². The van der Waals surface area contributed by atoms with Crippen LogP contribution in [0.2, 0.25) is 0 Å². The number of para-hydroxylation sites is 1. The predicted octanol–water partition coefficient (Wildman–Crippen LogP) is 4.50. The lowest BCUT2D eigenvalue weighted by atomic mass is 9.55. The fourth-order valence-corrected chi connectivity index (χ4v) is 4.94. The number of hydrogen-bond donors (Lipinski definition) is 1. The Balaban J connectivity index is 1.65. The van der Waals surface area contributed by atoms with Crippen LogP contribution in [-0.4, -0.2) is 9.67 Å². The first-order chi connectivity index (χ1) is 10.1. The van der Waals surface area contributed by atoms with Gasteiger partial charge in [-0.1, -0.05) is 43.9 Å². The van der Waals surface area contributed by atoms with Gasteiger partial charge in [-0.3, -0.25) is 0 Å². The molecule has 1 heterocycles. The molecule has 2 fully saturated rings. The molecule has 2 aliphatic rings. The molecule has 1 N–H and O–H groups in total. The monoisotopic (exact) mass is 283 g/mol. The van der Waals surface area contributed by atoms with E-state index < -0.39 is 5.60 Å². The van der Waals surface area contributed by atoms with Crippen LogP contribution in [0, 0.1) is 5.41 Å². The summed E-state index contributed by atoms with van der Waals surface area (Å²) in [5.74, 6) is 0. The fourth-order valence-electron chi connectivity index (χ4n) is 4.94. The van der Waals surface area contributed by atoms with Gasteiger partial charge in [0.05, 0.1) is 5.69 Å². The Kier molecular flexibility index (Phi) is 2.94. The van der Waals surface area contributed by atoms with Crippen LogP contribution in [0.1, 0.15) is 57.1 Å². The summed E-state index contributed by atoms with van der Waals surface area (Å²) in [5, 5.41) is 12.4. The molecule has 1 spiro atoms. The minimum atomic E-state index is -0.599. The van der Waals surface area contributed by atoms with Gasteiger partial charge in [-0.15, -0.1) is 0 Å². The third kappa shape index (κ3) is 2.03. The zero-order valence-electron chi connectivity index (χ0n) is 12.9. The van der Waals surface area contributed by atoms with Crippen molar-refractivity contribution < 1.29 is 5.11 Å². The lowest BCUT2D eigenvalue weighted by molar-refractivity contribution is -0.145. The summed E-state index contributed by atoms with van der Waals surface area (Å²) in [4.78, 5) is 0. The molecule has 0 aliphatic heterocycles. The average molecular weight is 283 g/mol. The van der Waals surface area contributed by atoms with Gasteiger partial charge in [0.25, 0.3) is 0 Å². The quantitative estimate of drug-likeness (QED) is 0.819. The summed E-state index contributed by atoms with van der Waals surface area (Å²) in [7, 11) is 2.09. The van der Waals surface area contributed by atoms with Gasteiger partial charge >= 0.3 is 0 Å². The van der Waals surface area contributed by atoms with Gasteiger partial charge in [0.15, 0.2) is 0 Å². The molecule has 0 bridgehead atoms. The highest BCUT2D eigenvalue weighted by molar-refractivity contribution is 5.81. The summed E-state index contributed by atoms with van der Waals surface area (Å²) in [5.41, 5.74) is 2.17. The van der Waals surface area contributed by atoms with E-state index in [-0.39, 0.29) is 0 Å². The molecule has 0 amide bonds. The Labute approximate surface area is 126 Å². The average Bonchev–Trinajstić information content (AvgIpc) is 2.63. The zero-order valence-corrected chi connectivity index (χ0v) is 12.9. The summed E-state index contributed by atoms with van der Waals surface area (Å²) in [6, 6.07) is 10.6. The maximum absolute atomic E-state index is 11.2. The maximum Gasteiger partial charge on any atom is 0.106 e. The second kappa shape index (κ2) is 4.61. The van der Waals surface area contributed by atoms with Crippen molar-refractivity contribution in [2.24, 2.45) is 12.5 Å². The summed E-state index contributed by atoms with van der Waals surface area (Å²) in [6.45, 7) is 0. The van der Waals surface area contributed by atoms with E-state index in [1.54, 1.807) is 0 Å². The molecule has 0 saturated heterocycles. The second-order valence-electron chi connectivity index (χ2n) is 7.45. The van der Waals surface area contributed by atoms with Gasteiger partial charge in [-0.2, -0.15) is 0 Å². The highest BCUT2D eigenvalue weighted by Gasteiger charge is 2.54. The lowest BCUT2D eigenvalue weighted by Gasteiger charge is -2.53. The smallest absolute Gasteiger partial charge is 0.106 e. The second-order valence-corrected chi connectivity index (χ2v) is 7.45. The first kappa shape index (κ1) is 13.4. The highest BCUT2D eigenvalue weighted by Crippen LogP contribution is 2.60. The van der Waals surface area contributed by atoms with Crippen LogP contribution in [0.5, 0.6) is 0 Å². The topological polar surface area (TPSA) is 25.2 Å². The largest absolute Gasteiger partial charge is 0.384 e. The number of fused-ring (bicyclic) bond motifs is 1. The molecule has 2 aliphatic carbocycles. The SMILES string of the molecule is Cn1c(C2(O)CC3(CCCCCC3)C2)cc2ccccc21. The van der Waals surface area contributed by atoms with Gasteiger partial charge in [0.2, 0.25) is 0 Å².